The molecule has 3 N–H and O–H groups in total. The van der Waals surface area contributed by atoms with Crippen LogP contribution in [0.1, 0.15) is 49.1 Å². The summed E-state index contributed by atoms with van der Waals surface area (Å²) in [7, 11) is 0. The van der Waals surface area contributed by atoms with E-state index in [1.165, 1.54) is 0 Å². The molecule has 168 valence electrons. The molecule has 2 fully saturated rings. The molecule has 10 heteroatoms. The highest BCUT2D eigenvalue weighted by Crippen LogP contribution is 2.37. The van der Waals surface area contributed by atoms with Crippen LogP contribution in [0.15, 0.2) is 12.1 Å². The summed E-state index contributed by atoms with van der Waals surface area (Å²) in [4.78, 5) is 45.0. The highest BCUT2D eigenvalue weighted by molar-refractivity contribution is 6.38. The van der Waals surface area contributed by atoms with E-state index in [1.807, 2.05) is 0 Å². The van der Waals surface area contributed by atoms with Gasteiger partial charge in [-0.05, 0) is 37.3 Å². The van der Waals surface area contributed by atoms with Crippen molar-refractivity contribution >= 4 is 51.8 Å². The highest BCUT2D eigenvalue weighted by atomic mass is 35.5. The number of aromatic amines is 1. The van der Waals surface area contributed by atoms with E-state index < -0.39 is 12.0 Å². The molecule has 2 amide bonds. The van der Waals surface area contributed by atoms with Crippen LogP contribution in [0.4, 0.5) is 0 Å². The van der Waals surface area contributed by atoms with E-state index in [2.05, 4.69) is 26.7 Å². The van der Waals surface area contributed by atoms with Crippen molar-refractivity contribution < 1.29 is 14.4 Å². The van der Waals surface area contributed by atoms with Gasteiger partial charge in [-0.3, -0.25) is 14.4 Å². The molecular formula is C22H23Cl2N5O3. The van der Waals surface area contributed by atoms with Crippen molar-refractivity contribution in [2.45, 2.75) is 44.6 Å². The largest absolute Gasteiger partial charge is 0.356 e. The Kier molecular flexibility index (Phi) is 6.68. The van der Waals surface area contributed by atoms with Crippen LogP contribution in [0, 0.1) is 29.1 Å². The average molecular weight is 476 g/mol. The van der Waals surface area contributed by atoms with Gasteiger partial charge in [0.15, 0.2) is 11.6 Å². The normalized spacial score (nSPS) is 19.9. The minimum atomic E-state index is -0.777. The predicted molar refractivity (Wildman–Crippen MR) is 119 cm³/mol. The minimum Gasteiger partial charge on any atom is -0.356 e. The summed E-state index contributed by atoms with van der Waals surface area (Å²) >= 11 is 12.2. The number of carbonyl (C=O) groups excluding carboxylic acids is 3. The maximum absolute atomic E-state index is 13.0. The SMILES string of the molecule is N#CC(CC1CCNC1=O)NC(=O)C(CC(=O)c1nc2c(Cl)cc(Cl)cc2[nH]1)CC1CC1. The molecule has 1 aliphatic carbocycles. The fourth-order valence-electron chi connectivity index (χ4n) is 4.12. The molecule has 3 atom stereocenters. The summed E-state index contributed by atoms with van der Waals surface area (Å²) in [6, 6.07) is 4.49. The number of amides is 2. The molecule has 2 heterocycles. The van der Waals surface area contributed by atoms with E-state index in [0.717, 1.165) is 12.8 Å². The summed E-state index contributed by atoms with van der Waals surface area (Å²) in [6.45, 7) is 0.584. The summed E-state index contributed by atoms with van der Waals surface area (Å²) in [5, 5.41) is 15.7. The fourth-order valence-corrected chi connectivity index (χ4v) is 4.66. The smallest absolute Gasteiger partial charge is 0.224 e. The maximum atomic E-state index is 13.0. The molecular weight excluding hydrogens is 453 g/mol. The molecule has 0 bridgehead atoms. The van der Waals surface area contributed by atoms with Gasteiger partial charge in [0.1, 0.15) is 11.6 Å². The summed E-state index contributed by atoms with van der Waals surface area (Å²) < 4.78 is 0. The van der Waals surface area contributed by atoms with Crippen LogP contribution in [0.25, 0.3) is 11.0 Å². The van der Waals surface area contributed by atoms with E-state index in [4.69, 9.17) is 23.2 Å². The second kappa shape index (κ2) is 9.47. The Hall–Kier alpha value is -2.63. The number of hydrogen-bond donors (Lipinski definition) is 3. The van der Waals surface area contributed by atoms with Crippen LogP contribution in [-0.2, 0) is 9.59 Å². The van der Waals surface area contributed by atoms with Gasteiger partial charge in [-0.1, -0.05) is 36.0 Å². The van der Waals surface area contributed by atoms with Gasteiger partial charge in [0.05, 0.1) is 16.6 Å². The zero-order chi connectivity index (χ0) is 22.8. The van der Waals surface area contributed by atoms with Gasteiger partial charge in [-0.25, -0.2) is 4.98 Å². The molecule has 8 nitrogen and oxygen atoms in total. The minimum absolute atomic E-state index is 0.0322. The first kappa shape index (κ1) is 22.6. The summed E-state index contributed by atoms with van der Waals surface area (Å²) in [5.41, 5.74) is 0.996. The lowest BCUT2D eigenvalue weighted by molar-refractivity contribution is -0.127. The lowest BCUT2D eigenvalue weighted by atomic mass is 9.93. The molecule has 2 aromatic rings. The number of nitrogens with zero attached hydrogens (tertiary/aromatic N) is 2. The Morgan fingerprint density at radius 2 is 2.03 bits per heavy atom. The number of ketones is 1. The number of rotatable bonds is 9. The fraction of sp³-hybridized carbons (Fsp3) is 0.500. The Labute approximate surface area is 195 Å². The van der Waals surface area contributed by atoms with Gasteiger partial charge >= 0.3 is 0 Å². The quantitative estimate of drug-likeness (QED) is 0.478. The van der Waals surface area contributed by atoms with Crippen LogP contribution in [0.2, 0.25) is 10.0 Å². The van der Waals surface area contributed by atoms with Crippen molar-refractivity contribution in [2.24, 2.45) is 17.8 Å². The third kappa shape index (κ3) is 5.22. The number of H-pyrrole nitrogens is 1. The van der Waals surface area contributed by atoms with Crippen LogP contribution < -0.4 is 10.6 Å². The van der Waals surface area contributed by atoms with E-state index >= 15 is 0 Å². The predicted octanol–water partition coefficient (Wildman–Crippen LogP) is 3.39. The van der Waals surface area contributed by atoms with Crippen LogP contribution in [-0.4, -0.2) is 40.2 Å². The standard InChI is InChI=1S/C22H23Cl2N5O3/c23-14-8-16(24)19-17(9-14)28-20(29-19)18(30)7-13(5-11-1-2-11)22(32)27-15(10-25)6-12-3-4-26-21(12)31/h8-9,11-13,15H,1-7H2,(H,26,31)(H,27,32)(H,28,29). The number of halogens is 2. The van der Waals surface area contributed by atoms with Gasteiger partial charge in [0.2, 0.25) is 11.8 Å². The van der Waals surface area contributed by atoms with Crippen LogP contribution >= 0.6 is 23.2 Å². The number of nitrogens with one attached hydrogen (secondary N) is 3. The molecule has 0 radical (unpaired) electrons. The molecule has 1 aromatic carbocycles. The molecule has 2 aliphatic rings. The zero-order valence-corrected chi connectivity index (χ0v) is 18.8. The number of fused-ring (bicyclic) bond motifs is 1. The number of hydrogen-bond acceptors (Lipinski definition) is 5. The second-order valence-corrected chi connectivity index (χ2v) is 9.42. The number of imidazole rings is 1. The van der Waals surface area contributed by atoms with Gasteiger partial charge in [0.25, 0.3) is 0 Å². The second-order valence-electron chi connectivity index (χ2n) is 8.58. The Morgan fingerprint density at radius 3 is 2.69 bits per heavy atom. The molecule has 0 spiro atoms. The Morgan fingerprint density at radius 1 is 1.25 bits per heavy atom. The average Bonchev–Trinajstić information content (AvgIpc) is 3.31. The van der Waals surface area contributed by atoms with Crippen molar-refractivity contribution in [1.29, 1.82) is 5.26 Å². The number of aromatic nitrogens is 2. The van der Waals surface area contributed by atoms with Gasteiger partial charge in [-0.2, -0.15) is 5.26 Å². The first-order valence-electron chi connectivity index (χ1n) is 10.7. The van der Waals surface area contributed by atoms with Gasteiger partial charge < -0.3 is 15.6 Å². The monoisotopic (exact) mass is 475 g/mol. The van der Waals surface area contributed by atoms with Crippen LogP contribution in [0.5, 0.6) is 0 Å². The number of Topliss-reactive ketones (excluding diaryl/α,β-unsaturated/α-hetero) is 1. The van der Waals surface area contributed by atoms with Crippen molar-refractivity contribution in [3.63, 3.8) is 0 Å². The van der Waals surface area contributed by atoms with Crippen LogP contribution in [0.3, 0.4) is 0 Å². The Bertz CT molecular complexity index is 1100. The molecule has 1 saturated heterocycles. The molecule has 4 rings (SSSR count). The van der Waals surface area contributed by atoms with E-state index in [1.54, 1.807) is 12.1 Å². The first-order chi connectivity index (χ1) is 15.3. The number of carbonyl (C=O) groups is 3. The molecule has 32 heavy (non-hydrogen) atoms. The third-order valence-electron chi connectivity index (χ3n) is 6.04. The van der Waals surface area contributed by atoms with E-state index in [9.17, 15) is 19.6 Å². The molecule has 1 aromatic heterocycles. The van der Waals surface area contributed by atoms with Crippen molar-refractivity contribution in [3.8, 4) is 6.07 Å². The van der Waals surface area contributed by atoms with Crippen molar-refractivity contribution in [2.75, 3.05) is 6.54 Å². The summed E-state index contributed by atoms with van der Waals surface area (Å²) in [6.07, 6.45) is 3.51. The number of nitriles is 1. The highest BCUT2D eigenvalue weighted by Gasteiger charge is 2.34. The molecule has 1 saturated carbocycles. The molecule has 3 unspecified atom stereocenters. The first-order valence-corrected chi connectivity index (χ1v) is 11.4. The lowest BCUT2D eigenvalue weighted by Gasteiger charge is -2.19. The Balaban J connectivity index is 1.45. The van der Waals surface area contributed by atoms with Gasteiger partial charge in [0, 0.05) is 29.8 Å². The van der Waals surface area contributed by atoms with Gasteiger partial charge in [-0.15, -0.1) is 0 Å². The van der Waals surface area contributed by atoms with Crippen molar-refractivity contribution in [1.82, 2.24) is 20.6 Å². The molecule has 1 aliphatic heterocycles. The summed E-state index contributed by atoms with van der Waals surface area (Å²) in [5.74, 6) is -1.06. The third-order valence-corrected chi connectivity index (χ3v) is 6.55. The topological polar surface area (TPSA) is 128 Å². The van der Waals surface area contributed by atoms with Crippen molar-refractivity contribution in [3.05, 3.63) is 28.0 Å². The van der Waals surface area contributed by atoms with E-state index in [-0.39, 0.29) is 42.2 Å². The lowest BCUT2D eigenvalue weighted by Crippen LogP contribution is -2.40. The maximum Gasteiger partial charge on any atom is 0.224 e. The van der Waals surface area contributed by atoms with E-state index in [0.29, 0.717) is 46.4 Å². The zero-order valence-electron chi connectivity index (χ0n) is 17.3. The number of benzene rings is 1.